The zero-order valence-electron chi connectivity index (χ0n) is 10.6. The van der Waals surface area contributed by atoms with E-state index in [-0.39, 0.29) is 6.04 Å². The minimum Gasteiger partial charge on any atom is -0.340 e. The van der Waals surface area contributed by atoms with E-state index < -0.39 is 0 Å². The topological polar surface area (TPSA) is 67.9 Å². The summed E-state index contributed by atoms with van der Waals surface area (Å²) in [4.78, 5) is 14.9. The zero-order chi connectivity index (χ0) is 13.0. The van der Waals surface area contributed by atoms with Crippen LogP contribution in [0.2, 0.25) is 0 Å². The molecule has 5 nitrogen and oxygen atoms in total. The number of rotatable bonds is 4. The molecule has 5 heteroatoms. The van der Waals surface area contributed by atoms with Gasteiger partial charge in [0.2, 0.25) is 5.95 Å². The summed E-state index contributed by atoms with van der Waals surface area (Å²) >= 11 is 0. The van der Waals surface area contributed by atoms with Gasteiger partial charge in [0.25, 0.3) is 0 Å². The first-order chi connectivity index (χ1) is 8.72. The molecular weight excluding hydrogens is 226 g/mol. The first-order valence-electron chi connectivity index (χ1n) is 5.88. The van der Waals surface area contributed by atoms with Gasteiger partial charge in [0.15, 0.2) is 0 Å². The number of anilines is 1. The van der Waals surface area contributed by atoms with Crippen LogP contribution in [0.5, 0.6) is 0 Å². The highest BCUT2D eigenvalue weighted by molar-refractivity contribution is 5.57. The second-order valence-electron chi connectivity index (χ2n) is 4.18. The molecule has 2 rings (SSSR count). The fourth-order valence-corrected chi connectivity index (χ4v) is 1.52. The molecule has 0 aliphatic heterocycles. The second-order valence-corrected chi connectivity index (χ2v) is 4.18. The summed E-state index contributed by atoms with van der Waals surface area (Å²) in [6.07, 6.45) is 5.32. The lowest BCUT2D eigenvalue weighted by Crippen LogP contribution is -2.36. The third-order valence-electron chi connectivity index (χ3n) is 2.92. The van der Waals surface area contributed by atoms with Gasteiger partial charge in [-0.15, -0.1) is 0 Å². The standard InChI is InChI=1S/C13H17N5/c1-10(7-14)18(2)13-16-8-11(9-17-13)12-5-3-4-6-15-12/h3-6,8-10H,7,14H2,1-2H3. The molecule has 0 spiro atoms. The van der Waals surface area contributed by atoms with Crippen molar-refractivity contribution in [2.45, 2.75) is 13.0 Å². The maximum Gasteiger partial charge on any atom is 0.225 e. The lowest BCUT2D eigenvalue weighted by molar-refractivity contribution is 0.678. The molecule has 1 atom stereocenters. The van der Waals surface area contributed by atoms with Crippen molar-refractivity contribution < 1.29 is 0 Å². The van der Waals surface area contributed by atoms with E-state index in [1.165, 1.54) is 0 Å². The highest BCUT2D eigenvalue weighted by atomic mass is 15.2. The van der Waals surface area contributed by atoms with Gasteiger partial charge >= 0.3 is 0 Å². The van der Waals surface area contributed by atoms with Gasteiger partial charge in [-0.2, -0.15) is 0 Å². The molecule has 0 aromatic carbocycles. The Hall–Kier alpha value is -2.01. The monoisotopic (exact) mass is 243 g/mol. The molecule has 0 saturated heterocycles. The molecule has 2 aromatic rings. The van der Waals surface area contributed by atoms with Crippen LogP contribution in [0.15, 0.2) is 36.8 Å². The molecule has 18 heavy (non-hydrogen) atoms. The zero-order valence-corrected chi connectivity index (χ0v) is 10.6. The van der Waals surface area contributed by atoms with Crippen molar-refractivity contribution in [1.82, 2.24) is 15.0 Å². The van der Waals surface area contributed by atoms with Crippen LogP contribution < -0.4 is 10.6 Å². The van der Waals surface area contributed by atoms with Gasteiger partial charge in [0.05, 0.1) is 5.69 Å². The number of aromatic nitrogens is 3. The molecule has 2 heterocycles. The number of hydrogen-bond donors (Lipinski definition) is 1. The van der Waals surface area contributed by atoms with E-state index in [0.29, 0.717) is 12.5 Å². The third-order valence-corrected chi connectivity index (χ3v) is 2.92. The van der Waals surface area contributed by atoms with Crippen molar-refractivity contribution in [3.05, 3.63) is 36.8 Å². The molecule has 1 unspecified atom stereocenters. The molecule has 94 valence electrons. The summed E-state index contributed by atoms with van der Waals surface area (Å²) < 4.78 is 0. The number of hydrogen-bond acceptors (Lipinski definition) is 5. The largest absolute Gasteiger partial charge is 0.340 e. The predicted octanol–water partition coefficient (Wildman–Crippen LogP) is 1.32. The fraction of sp³-hybridized carbons (Fsp3) is 0.308. The average molecular weight is 243 g/mol. The Labute approximate surface area is 107 Å². The molecule has 0 bridgehead atoms. The number of likely N-dealkylation sites (N-methyl/N-ethyl adjacent to an activating group) is 1. The summed E-state index contributed by atoms with van der Waals surface area (Å²) in [5, 5.41) is 0. The Morgan fingerprint density at radius 1 is 1.22 bits per heavy atom. The van der Waals surface area contributed by atoms with Crippen molar-refractivity contribution in [2.75, 3.05) is 18.5 Å². The average Bonchev–Trinajstić information content (AvgIpc) is 2.47. The molecule has 0 fully saturated rings. The number of nitrogens with two attached hydrogens (primary N) is 1. The summed E-state index contributed by atoms with van der Waals surface area (Å²) in [6.45, 7) is 2.61. The van der Waals surface area contributed by atoms with E-state index in [1.807, 2.05) is 37.1 Å². The third kappa shape index (κ3) is 2.62. The van der Waals surface area contributed by atoms with Gasteiger partial charge in [0.1, 0.15) is 0 Å². The lowest BCUT2D eigenvalue weighted by Gasteiger charge is -2.23. The molecule has 0 aliphatic rings. The van der Waals surface area contributed by atoms with Crippen molar-refractivity contribution in [1.29, 1.82) is 0 Å². The fourth-order valence-electron chi connectivity index (χ4n) is 1.52. The molecule has 0 amide bonds. The summed E-state index contributed by atoms with van der Waals surface area (Å²) in [7, 11) is 1.94. The minimum absolute atomic E-state index is 0.214. The summed E-state index contributed by atoms with van der Waals surface area (Å²) in [5.74, 6) is 0.674. The van der Waals surface area contributed by atoms with Crippen molar-refractivity contribution in [3.8, 4) is 11.3 Å². The van der Waals surface area contributed by atoms with E-state index >= 15 is 0 Å². The van der Waals surface area contributed by atoms with Gasteiger partial charge in [-0.1, -0.05) is 6.07 Å². The maximum absolute atomic E-state index is 5.62. The Kier molecular flexibility index (Phi) is 3.84. The van der Waals surface area contributed by atoms with Crippen LogP contribution in [0.3, 0.4) is 0 Å². The van der Waals surface area contributed by atoms with Crippen molar-refractivity contribution in [2.24, 2.45) is 5.73 Å². The Morgan fingerprint density at radius 3 is 2.50 bits per heavy atom. The Balaban J connectivity index is 2.20. The summed E-state index contributed by atoms with van der Waals surface area (Å²) in [6, 6.07) is 5.98. The van der Waals surface area contributed by atoms with Crippen LogP contribution in [0.1, 0.15) is 6.92 Å². The molecule has 0 radical (unpaired) electrons. The molecule has 0 aliphatic carbocycles. The lowest BCUT2D eigenvalue weighted by atomic mass is 10.2. The van der Waals surface area contributed by atoms with E-state index in [1.54, 1.807) is 18.6 Å². The number of nitrogens with zero attached hydrogens (tertiary/aromatic N) is 4. The smallest absolute Gasteiger partial charge is 0.225 e. The first-order valence-corrected chi connectivity index (χ1v) is 5.88. The van der Waals surface area contributed by atoms with E-state index in [4.69, 9.17) is 5.73 Å². The van der Waals surface area contributed by atoms with Crippen LogP contribution in [-0.2, 0) is 0 Å². The molecular formula is C13H17N5. The SMILES string of the molecule is CC(CN)N(C)c1ncc(-c2ccccn2)cn1. The summed E-state index contributed by atoms with van der Waals surface area (Å²) in [5.41, 5.74) is 7.41. The Bertz CT molecular complexity index is 482. The molecule has 0 saturated carbocycles. The van der Waals surface area contributed by atoms with Gasteiger partial charge < -0.3 is 10.6 Å². The molecule has 2 aromatic heterocycles. The van der Waals surface area contributed by atoms with Crippen molar-refractivity contribution in [3.63, 3.8) is 0 Å². The van der Waals surface area contributed by atoms with Crippen LogP contribution in [0.25, 0.3) is 11.3 Å². The predicted molar refractivity (Wildman–Crippen MR) is 72.2 cm³/mol. The maximum atomic E-state index is 5.62. The normalized spacial score (nSPS) is 12.2. The van der Waals surface area contributed by atoms with E-state index in [9.17, 15) is 0 Å². The van der Waals surface area contributed by atoms with Gasteiger partial charge in [-0.3, -0.25) is 4.98 Å². The van der Waals surface area contributed by atoms with Crippen LogP contribution >= 0.6 is 0 Å². The van der Waals surface area contributed by atoms with E-state index in [0.717, 1.165) is 11.3 Å². The van der Waals surface area contributed by atoms with Gasteiger partial charge in [-0.05, 0) is 19.1 Å². The molecule has 2 N–H and O–H groups in total. The van der Waals surface area contributed by atoms with Crippen LogP contribution in [0, 0.1) is 0 Å². The second kappa shape index (κ2) is 5.55. The van der Waals surface area contributed by atoms with Gasteiger partial charge in [0, 0.05) is 43.8 Å². The number of pyridine rings is 1. The van der Waals surface area contributed by atoms with Crippen LogP contribution in [-0.4, -0.2) is 34.6 Å². The minimum atomic E-state index is 0.214. The quantitative estimate of drug-likeness (QED) is 0.877. The Morgan fingerprint density at radius 2 is 1.94 bits per heavy atom. The van der Waals surface area contributed by atoms with Crippen molar-refractivity contribution >= 4 is 5.95 Å². The first kappa shape index (κ1) is 12.4. The highest BCUT2D eigenvalue weighted by Crippen LogP contribution is 2.16. The highest BCUT2D eigenvalue weighted by Gasteiger charge is 2.10. The van der Waals surface area contributed by atoms with Crippen LogP contribution in [0.4, 0.5) is 5.95 Å². The van der Waals surface area contributed by atoms with Gasteiger partial charge in [-0.25, -0.2) is 9.97 Å². The van der Waals surface area contributed by atoms with E-state index in [2.05, 4.69) is 15.0 Å².